The second-order valence-corrected chi connectivity index (χ2v) is 8.45. The van der Waals surface area contributed by atoms with Gasteiger partial charge in [-0.3, -0.25) is 4.79 Å². The molecule has 1 aromatic rings. The van der Waals surface area contributed by atoms with Gasteiger partial charge in [0.1, 0.15) is 6.54 Å². The number of carbonyl (C=O) groups excluding carboxylic acids is 1. The molecule has 0 saturated carbocycles. The highest BCUT2D eigenvalue weighted by molar-refractivity contribution is 7.90. The average Bonchev–Trinajstić information content (AvgIpc) is 3.10. The van der Waals surface area contributed by atoms with Gasteiger partial charge in [-0.15, -0.1) is 0 Å². The molecule has 1 heterocycles. The van der Waals surface area contributed by atoms with Crippen LogP contribution in [0.4, 0.5) is 5.69 Å². The van der Waals surface area contributed by atoms with Crippen LogP contribution in [0.15, 0.2) is 30.3 Å². The quantitative estimate of drug-likeness (QED) is 0.658. The number of hydrogen-bond donors (Lipinski definition) is 1. The summed E-state index contributed by atoms with van der Waals surface area (Å²) >= 11 is 0. The summed E-state index contributed by atoms with van der Waals surface area (Å²) in [6.07, 6.45) is 3.37. The maximum absolute atomic E-state index is 12.5. The highest BCUT2D eigenvalue weighted by Gasteiger charge is 2.27. The van der Waals surface area contributed by atoms with Crippen LogP contribution in [-0.2, 0) is 15.0 Å². The Morgan fingerprint density at radius 3 is 2.40 bits per heavy atom. The molecule has 1 fully saturated rings. The van der Waals surface area contributed by atoms with Crippen LogP contribution in [0.2, 0.25) is 0 Å². The van der Waals surface area contributed by atoms with Crippen LogP contribution in [-0.4, -0.2) is 70.3 Å². The van der Waals surface area contributed by atoms with Crippen molar-refractivity contribution in [2.75, 3.05) is 51.1 Å². The lowest BCUT2D eigenvalue weighted by molar-refractivity contribution is -0.119. The number of carbonyl (C=O) groups is 1. The van der Waals surface area contributed by atoms with Crippen molar-refractivity contribution < 1.29 is 13.2 Å². The Bertz CT molecular complexity index is 643. The highest BCUT2D eigenvalue weighted by atomic mass is 32.2. The maximum atomic E-state index is 12.5. The van der Waals surface area contributed by atoms with Gasteiger partial charge in [0.05, 0.1) is 5.69 Å². The Kier molecular flexibility index (Phi) is 7.22. The minimum atomic E-state index is -3.73. The maximum Gasteiger partial charge on any atom is 0.304 e. The van der Waals surface area contributed by atoms with E-state index in [2.05, 4.69) is 10.2 Å². The van der Waals surface area contributed by atoms with E-state index in [1.807, 2.05) is 6.07 Å². The third-order valence-electron chi connectivity index (χ3n) is 4.24. The average molecular weight is 369 g/mol. The van der Waals surface area contributed by atoms with E-state index in [-0.39, 0.29) is 12.5 Å². The topological polar surface area (TPSA) is 73.0 Å². The third-order valence-corrected chi connectivity index (χ3v) is 6.06. The van der Waals surface area contributed by atoms with Crippen molar-refractivity contribution in [1.82, 2.24) is 14.5 Å². The summed E-state index contributed by atoms with van der Waals surface area (Å²) in [5.41, 5.74) is 0.475. The van der Waals surface area contributed by atoms with Crippen molar-refractivity contribution in [3.05, 3.63) is 30.3 Å². The molecule has 0 aliphatic carbocycles. The van der Waals surface area contributed by atoms with Crippen molar-refractivity contribution in [3.8, 4) is 0 Å². The first-order valence-corrected chi connectivity index (χ1v) is 10.1. The summed E-state index contributed by atoms with van der Waals surface area (Å²) in [6, 6.07) is 8.68. The minimum absolute atomic E-state index is 0.228. The van der Waals surface area contributed by atoms with Gasteiger partial charge in [0.25, 0.3) is 0 Å². The van der Waals surface area contributed by atoms with E-state index in [0.29, 0.717) is 12.2 Å². The van der Waals surface area contributed by atoms with Crippen molar-refractivity contribution >= 4 is 21.8 Å². The molecule has 1 aliphatic heterocycles. The number of hydrogen-bond acceptors (Lipinski definition) is 4. The zero-order chi connectivity index (χ0) is 18.3. The van der Waals surface area contributed by atoms with Crippen molar-refractivity contribution in [2.45, 2.75) is 19.3 Å². The lowest BCUT2D eigenvalue weighted by Gasteiger charge is -2.26. The lowest BCUT2D eigenvalue weighted by Crippen LogP contribution is -2.46. The Morgan fingerprint density at radius 1 is 1.16 bits per heavy atom. The molecule has 1 amide bonds. The van der Waals surface area contributed by atoms with Crippen molar-refractivity contribution in [3.63, 3.8) is 0 Å². The number of likely N-dealkylation sites (tertiary alicyclic amines) is 1. The first kappa shape index (κ1) is 19.7. The molecule has 2 rings (SSSR count). The molecule has 25 heavy (non-hydrogen) atoms. The van der Waals surface area contributed by atoms with Gasteiger partial charge in [-0.1, -0.05) is 18.2 Å². The van der Waals surface area contributed by atoms with Gasteiger partial charge in [-0.05, 0) is 51.0 Å². The van der Waals surface area contributed by atoms with Gasteiger partial charge in [0.2, 0.25) is 5.91 Å². The van der Waals surface area contributed by atoms with Gasteiger partial charge < -0.3 is 10.2 Å². The largest absolute Gasteiger partial charge is 0.354 e. The number of benzene rings is 1. The molecule has 1 aromatic carbocycles. The Balaban J connectivity index is 1.91. The molecule has 8 heteroatoms. The number of rotatable bonds is 9. The standard InChI is InChI=1S/C17H28N4O3S/c1-19(2)25(23,24)21(16-9-4-3-5-10-16)15-17(22)18-11-8-14-20-12-6-7-13-20/h3-5,9-10H,6-8,11-15H2,1-2H3,(H,18,22). The van der Waals surface area contributed by atoms with Gasteiger partial charge in [-0.25, -0.2) is 4.31 Å². The smallest absolute Gasteiger partial charge is 0.304 e. The normalized spacial score (nSPS) is 15.5. The summed E-state index contributed by atoms with van der Waals surface area (Å²) in [7, 11) is -0.818. The summed E-state index contributed by atoms with van der Waals surface area (Å²) < 4.78 is 27.3. The van der Waals surface area contributed by atoms with Crippen LogP contribution in [0.25, 0.3) is 0 Å². The zero-order valence-electron chi connectivity index (χ0n) is 15.0. The molecule has 0 unspecified atom stereocenters. The predicted octanol–water partition coefficient (Wildman–Crippen LogP) is 0.902. The highest BCUT2D eigenvalue weighted by Crippen LogP contribution is 2.18. The second-order valence-electron chi connectivity index (χ2n) is 6.38. The predicted molar refractivity (Wildman–Crippen MR) is 99.7 cm³/mol. The van der Waals surface area contributed by atoms with Crippen LogP contribution in [0.3, 0.4) is 0 Å². The Labute approximate surface area is 150 Å². The summed E-state index contributed by atoms with van der Waals surface area (Å²) in [5.74, 6) is -0.296. The first-order valence-electron chi connectivity index (χ1n) is 8.65. The first-order chi connectivity index (χ1) is 11.9. The summed E-state index contributed by atoms with van der Waals surface area (Å²) in [5, 5.41) is 2.83. The SMILES string of the molecule is CN(C)S(=O)(=O)N(CC(=O)NCCCN1CCCC1)c1ccccc1. The molecular formula is C17H28N4O3S. The number of para-hydroxylation sites is 1. The molecule has 0 bridgehead atoms. The summed E-state index contributed by atoms with van der Waals surface area (Å²) in [6.45, 7) is 3.57. The Hall–Kier alpha value is -1.64. The van der Waals surface area contributed by atoms with Gasteiger partial charge in [0.15, 0.2) is 0 Å². The molecule has 0 radical (unpaired) electrons. The zero-order valence-corrected chi connectivity index (χ0v) is 15.8. The number of nitrogens with one attached hydrogen (secondary N) is 1. The minimum Gasteiger partial charge on any atom is -0.354 e. The van der Waals surface area contributed by atoms with Gasteiger partial charge in [0, 0.05) is 20.6 Å². The van der Waals surface area contributed by atoms with E-state index in [1.54, 1.807) is 24.3 Å². The van der Waals surface area contributed by atoms with E-state index >= 15 is 0 Å². The number of nitrogens with zero attached hydrogens (tertiary/aromatic N) is 3. The van der Waals surface area contributed by atoms with E-state index in [1.165, 1.54) is 26.9 Å². The molecule has 7 nitrogen and oxygen atoms in total. The molecule has 0 atom stereocenters. The second kappa shape index (κ2) is 9.17. The van der Waals surface area contributed by atoms with Crippen molar-refractivity contribution in [1.29, 1.82) is 0 Å². The van der Waals surface area contributed by atoms with Crippen LogP contribution in [0, 0.1) is 0 Å². The van der Waals surface area contributed by atoms with Crippen LogP contribution in [0.5, 0.6) is 0 Å². The molecule has 0 aromatic heterocycles. The molecular weight excluding hydrogens is 340 g/mol. The molecule has 1 N–H and O–H groups in total. The summed E-state index contributed by atoms with van der Waals surface area (Å²) in [4.78, 5) is 14.6. The molecule has 140 valence electrons. The van der Waals surface area contributed by atoms with E-state index in [0.717, 1.165) is 34.7 Å². The van der Waals surface area contributed by atoms with Gasteiger partial charge in [-0.2, -0.15) is 12.7 Å². The van der Waals surface area contributed by atoms with Crippen LogP contribution in [0.1, 0.15) is 19.3 Å². The monoisotopic (exact) mass is 368 g/mol. The Morgan fingerprint density at radius 2 is 1.80 bits per heavy atom. The fourth-order valence-electron chi connectivity index (χ4n) is 2.82. The van der Waals surface area contributed by atoms with Gasteiger partial charge >= 0.3 is 10.2 Å². The lowest BCUT2D eigenvalue weighted by atomic mass is 10.3. The fraction of sp³-hybridized carbons (Fsp3) is 0.588. The molecule has 1 aliphatic rings. The van der Waals surface area contributed by atoms with Crippen LogP contribution >= 0.6 is 0 Å². The molecule has 0 spiro atoms. The van der Waals surface area contributed by atoms with Crippen LogP contribution < -0.4 is 9.62 Å². The molecule has 1 saturated heterocycles. The fourth-order valence-corrected chi connectivity index (χ4v) is 3.88. The van der Waals surface area contributed by atoms with E-state index in [9.17, 15) is 13.2 Å². The number of anilines is 1. The van der Waals surface area contributed by atoms with E-state index < -0.39 is 10.2 Å². The van der Waals surface area contributed by atoms with Crippen molar-refractivity contribution in [2.24, 2.45) is 0 Å². The third kappa shape index (κ3) is 5.69. The van der Waals surface area contributed by atoms with E-state index in [4.69, 9.17) is 0 Å². The number of amides is 1.